The van der Waals surface area contributed by atoms with Crippen molar-refractivity contribution in [1.82, 2.24) is 0 Å². The maximum atomic E-state index is 12.4. The third-order valence-electron chi connectivity index (χ3n) is 4.35. The lowest BCUT2D eigenvalue weighted by Gasteiger charge is -2.23. The first-order valence-electron chi connectivity index (χ1n) is 9.08. The molecule has 1 aliphatic carbocycles. The molecule has 2 unspecified atom stereocenters. The van der Waals surface area contributed by atoms with Crippen LogP contribution in [0.3, 0.4) is 0 Å². The van der Waals surface area contributed by atoms with E-state index >= 15 is 0 Å². The number of halogens is 1. The Labute approximate surface area is 164 Å². The average molecular weight is 448 g/mol. The molecular weight excluding hydrogens is 411 g/mol. The standard InChI is InChI=1S/C17H27IO2.C2H6.C2H4/c1-12(8-9-20-18)10-13(2)11-17(19)16-7-5-6-14(3)15(16)4;2*1-2/h12,14H,2,5-11H2,1,3-4H3;1-2H3;1-2H2. The first kappa shape index (κ1) is 25.8. The highest BCUT2D eigenvalue weighted by Crippen LogP contribution is 2.31. The molecule has 1 aliphatic rings. The van der Waals surface area contributed by atoms with Gasteiger partial charge in [0.25, 0.3) is 0 Å². The summed E-state index contributed by atoms with van der Waals surface area (Å²) in [5.41, 5.74) is 3.45. The Bertz CT molecular complexity index is 399. The Hall–Kier alpha value is -0.420. The largest absolute Gasteiger partial charge is 0.316 e. The molecule has 0 aliphatic heterocycles. The Morgan fingerprint density at radius 1 is 1.38 bits per heavy atom. The smallest absolute Gasteiger partial charge is 0.162 e. The van der Waals surface area contributed by atoms with Crippen LogP contribution in [-0.2, 0) is 7.86 Å². The van der Waals surface area contributed by atoms with Gasteiger partial charge in [0.2, 0.25) is 0 Å². The van der Waals surface area contributed by atoms with Crippen molar-refractivity contribution in [1.29, 1.82) is 0 Å². The van der Waals surface area contributed by atoms with Crippen LogP contribution in [0.1, 0.15) is 73.1 Å². The molecule has 0 radical (unpaired) electrons. The summed E-state index contributed by atoms with van der Waals surface area (Å²) in [5.74, 6) is 1.40. The average Bonchev–Trinajstić information content (AvgIpc) is 2.58. The van der Waals surface area contributed by atoms with Crippen LogP contribution in [-0.4, -0.2) is 12.4 Å². The quantitative estimate of drug-likeness (QED) is 0.289. The van der Waals surface area contributed by atoms with Gasteiger partial charge in [0.15, 0.2) is 5.78 Å². The van der Waals surface area contributed by atoms with Crippen LogP contribution in [0.25, 0.3) is 0 Å². The van der Waals surface area contributed by atoms with Crippen molar-refractivity contribution in [3.8, 4) is 0 Å². The van der Waals surface area contributed by atoms with Crippen LogP contribution in [0.15, 0.2) is 36.5 Å². The van der Waals surface area contributed by atoms with E-state index in [0.29, 0.717) is 24.0 Å². The van der Waals surface area contributed by atoms with Gasteiger partial charge in [-0.05, 0) is 56.4 Å². The molecule has 0 aromatic rings. The second-order valence-electron chi connectivity index (χ2n) is 6.22. The van der Waals surface area contributed by atoms with Crippen LogP contribution >= 0.6 is 23.0 Å². The van der Waals surface area contributed by atoms with Crippen LogP contribution in [0.5, 0.6) is 0 Å². The summed E-state index contributed by atoms with van der Waals surface area (Å²) in [7, 11) is 0. The van der Waals surface area contributed by atoms with Crippen molar-refractivity contribution in [2.75, 3.05) is 6.61 Å². The van der Waals surface area contributed by atoms with E-state index in [1.165, 1.54) is 12.0 Å². The van der Waals surface area contributed by atoms with Crippen molar-refractivity contribution >= 4 is 28.8 Å². The van der Waals surface area contributed by atoms with Gasteiger partial charge < -0.3 is 3.07 Å². The number of rotatable bonds is 8. The highest BCUT2D eigenvalue weighted by Gasteiger charge is 2.21. The maximum absolute atomic E-state index is 12.4. The predicted octanol–water partition coefficient (Wildman–Crippen LogP) is 7.25. The third kappa shape index (κ3) is 10.4. The molecule has 0 bridgehead atoms. The van der Waals surface area contributed by atoms with E-state index in [4.69, 9.17) is 3.07 Å². The van der Waals surface area contributed by atoms with E-state index in [9.17, 15) is 4.79 Å². The molecular formula is C21H37IO2. The molecule has 140 valence electrons. The fraction of sp³-hybridized carbons (Fsp3) is 0.667. The summed E-state index contributed by atoms with van der Waals surface area (Å²) < 4.78 is 5.06. The molecule has 0 aromatic heterocycles. The van der Waals surface area contributed by atoms with Gasteiger partial charge in [0.05, 0.1) is 6.61 Å². The van der Waals surface area contributed by atoms with Gasteiger partial charge >= 0.3 is 0 Å². The zero-order chi connectivity index (χ0) is 19.1. The lowest BCUT2D eigenvalue weighted by Crippen LogP contribution is -2.15. The summed E-state index contributed by atoms with van der Waals surface area (Å²) in [5, 5.41) is 0. The van der Waals surface area contributed by atoms with Crippen molar-refractivity contribution in [3.05, 3.63) is 36.5 Å². The molecule has 2 atom stereocenters. The van der Waals surface area contributed by atoms with Gasteiger partial charge in [-0.2, -0.15) is 0 Å². The molecule has 1 rings (SSSR count). The SMILES string of the molecule is C=C.C=C(CC(=O)C1=C(C)C(C)CCC1)CC(C)CCOI.CC. The lowest BCUT2D eigenvalue weighted by atomic mass is 9.81. The minimum atomic E-state index is 0.302. The zero-order valence-electron chi connectivity index (χ0n) is 16.4. The minimum Gasteiger partial charge on any atom is -0.316 e. The fourth-order valence-electron chi connectivity index (χ4n) is 2.90. The van der Waals surface area contributed by atoms with Gasteiger partial charge in [-0.3, -0.25) is 4.79 Å². The number of carbonyl (C=O) groups excluding carboxylic acids is 1. The number of hydrogen-bond donors (Lipinski definition) is 0. The summed E-state index contributed by atoms with van der Waals surface area (Å²) in [4.78, 5) is 12.4. The molecule has 0 heterocycles. The highest BCUT2D eigenvalue weighted by molar-refractivity contribution is 14.1. The molecule has 0 spiro atoms. The molecule has 0 saturated heterocycles. The number of Topliss-reactive ketones (excluding diaryl/α,β-unsaturated/α-hetero) is 1. The highest BCUT2D eigenvalue weighted by atomic mass is 127. The zero-order valence-corrected chi connectivity index (χ0v) is 18.6. The molecule has 3 heteroatoms. The van der Waals surface area contributed by atoms with E-state index in [2.05, 4.69) is 40.5 Å². The second-order valence-corrected chi connectivity index (χ2v) is 6.84. The molecule has 2 nitrogen and oxygen atoms in total. The van der Waals surface area contributed by atoms with Crippen LogP contribution in [0.4, 0.5) is 0 Å². The van der Waals surface area contributed by atoms with Gasteiger partial charge in [0.1, 0.15) is 23.0 Å². The Kier molecular flexibility index (Phi) is 17.3. The number of ketones is 1. The summed E-state index contributed by atoms with van der Waals surface area (Å²) in [6.07, 6.45) is 5.80. The van der Waals surface area contributed by atoms with Gasteiger partial charge in [0, 0.05) is 6.42 Å². The molecule has 0 aromatic carbocycles. The molecule has 0 fully saturated rings. The summed E-state index contributed by atoms with van der Waals surface area (Å²) in [6, 6.07) is 0. The van der Waals surface area contributed by atoms with Crippen molar-refractivity contribution < 1.29 is 7.86 Å². The Morgan fingerprint density at radius 3 is 2.50 bits per heavy atom. The lowest BCUT2D eigenvalue weighted by molar-refractivity contribution is -0.115. The van der Waals surface area contributed by atoms with E-state index in [1.807, 2.05) is 36.9 Å². The normalized spacial score (nSPS) is 17.8. The number of carbonyl (C=O) groups is 1. The first-order valence-corrected chi connectivity index (χ1v) is 9.96. The van der Waals surface area contributed by atoms with Crippen molar-refractivity contribution in [2.24, 2.45) is 11.8 Å². The monoisotopic (exact) mass is 448 g/mol. The predicted molar refractivity (Wildman–Crippen MR) is 115 cm³/mol. The van der Waals surface area contributed by atoms with E-state index < -0.39 is 0 Å². The molecule has 0 saturated carbocycles. The molecule has 0 amide bonds. The topological polar surface area (TPSA) is 26.3 Å². The second kappa shape index (κ2) is 16.1. The van der Waals surface area contributed by atoms with Crippen LogP contribution in [0.2, 0.25) is 0 Å². The van der Waals surface area contributed by atoms with Crippen LogP contribution in [0, 0.1) is 11.8 Å². The van der Waals surface area contributed by atoms with Gasteiger partial charge in [-0.15, -0.1) is 13.2 Å². The Balaban J connectivity index is 0. The van der Waals surface area contributed by atoms with Crippen molar-refractivity contribution in [3.63, 3.8) is 0 Å². The number of allylic oxidation sites excluding steroid dienone is 3. The van der Waals surface area contributed by atoms with Gasteiger partial charge in [-0.1, -0.05) is 45.4 Å². The van der Waals surface area contributed by atoms with E-state index in [-0.39, 0.29) is 0 Å². The van der Waals surface area contributed by atoms with Crippen LogP contribution < -0.4 is 0 Å². The van der Waals surface area contributed by atoms with Gasteiger partial charge in [-0.25, -0.2) is 0 Å². The van der Waals surface area contributed by atoms with Crippen molar-refractivity contribution in [2.45, 2.75) is 73.1 Å². The summed E-state index contributed by atoms with van der Waals surface area (Å²) >= 11 is 1.93. The molecule has 0 N–H and O–H groups in total. The summed E-state index contributed by atoms with van der Waals surface area (Å²) in [6.45, 7) is 21.4. The third-order valence-corrected chi connectivity index (χ3v) is 4.79. The first-order chi connectivity index (χ1) is 11.5. The van der Waals surface area contributed by atoms with E-state index in [1.54, 1.807) is 0 Å². The van der Waals surface area contributed by atoms with E-state index in [0.717, 1.165) is 43.4 Å². The molecule has 24 heavy (non-hydrogen) atoms. The minimum absolute atomic E-state index is 0.302. The number of hydrogen-bond acceptors (Lipinski definition) is 2. The maximum Gasteiger partial charge on any atom is 0.162 e. The fourth-order valence-corrected chi connectivity index (χ4v) is 3.16. The Morgan fingerprint density at radius 2 is 1.96 bits per heavy atom.